The number of hydrogen-bond donors (Lipinski definition) is 1. The molecule has 2 rings (SSSR count). The molecule has 0 saturated heterocycles. The molecule has 5 heteroatoms. The number of nitrogens with one attached hydrogen (secondary N) is 1. The number of halogens is 1. The number of benzene rings is 2. The lowest BCUT2D eigenvalue weighted by Gasteiger charge is -2.16. The Morgan fingerprint density at radius 3 is 2.33 bits per heavy atom. The van der Waals surface area contributed by atoms with Gasteiger partial charge in [-0.3, -0.25) is 4.79 Å². The molecule has 1 atom stereocenters. The Labute approximate surface area is 128 Å². The van der Waals surface area contributed by atoms with Gasteiger partial charge in [-0.1, -0.05) is 23.7 Å². The molecule has 1 amide bonds. The lowest BCUT2D eigenvalue weighted by molar-refractivity contribution is -0.122. The van der Waals surface area contributed by atoms with Gasteiger partial charge in [-0.25, -0.2) is 0 Å². The van der Waals surface area contributed by atoms with E-state index in [2.05, 4.69) is 5.32 Å². The summed E-state index contributed by atoms with van der Waals surface area (Å²) in [5.41, 5.74) is 0.667. The maximum atomic E-state index is 12.1. The van der Waals surface area contributed by atoms with Gasteiger partial charge in [0.15, 0.2) is 17.6 Å². The Morgan fingerprint density at radius 1 is 1.10 bits per heavy atom. The van der Waals surface area contributed by atoms with E-state index in [0.29, 0.717) is 22.2 Å². The predicted molar refractivity (Wildman–Crippen MR) is 83.2 cm³/mol. The summed E-state index contributed by atoms with van der Waals surface area (Å²) in [6.45, 7) is 1.68. The Hall–Kier alpha value is -2.20. The smallest absolute Gasteiger partial charge is 0.265 e. The molecule has 0 spiro atoms. The number of para-hydroxylation sites is 2. The van der Waals surface area contributed by atoms with Crippen LogP contribution < -0.4 is 14.8 Å². The molecule has 0 aromatic heterocycles. The standard InChI is InChI=1S/C16H16ClNO3/c1-11(21-15-6-4-3-5-14(15)20-2)16(19)18-13-9-7-12(17)8-10-13/h3-11H,1-2H3,(H,18,19)/t11-/m0/s1. The van der Waals surface area contributed by atoms with E-state index in [9.17, 15) is 4.79 Å². The fourth-order valence-corrected chi connectivity index (χ4v) is 1.86. The Balaban J connectivity index is 2.01. The van der Waals surface area contributed by atoms with Gasteiger partial charge in [0.05, 0.1) is 7.11 Å². The number of anilines is 1. The first kappa shape index (κ1) is 15.2. The molecule has 0 bridgehead atoms. The molecule has 0 unspecified atom stereocenters. The number of methoxy groups -OCH3 is 1. The normalized spacial score (nSPS) is 11.6. The van der Waals surface area contributed by atoms with Crippen molar-refractivity contribution in [3.8, 4) is 11.5 Å². The molecule has 0 aliphatic heterocycles. The van der Waals surface area contributed by atoms with Crippen molar-refractivity contribution in [1.29, 1.82) is 0 Å². The summed E-state index contributed by atoms with van der Waals surface area (Å²) in [5.74, 6) is 0.866. The van der Waals surface area contributed by atoms with Gasteiger partial charge in [-0.2, -0.15) is 0 Å². The van der Waals surface area contributed by atoms with Crippen molar-refractivity contribution < 1.29 is 14.3 Å². The van der Waals surface area contributed by atoms with Gasteiger partial charge in [0.25, 0.3) is 5.91 Å². The van der Waals surface area contributed by atoms with Crippen LogP contribution in [-0.4, -0.2) is 19.1 Å². The van der Waals surface area contributed by atoms with Crippen LogP contribution >= 0.6 is 11.6 Å². The first-order valence-corrected chi connectivity index (χ1v) is 6.84. The van der Waals surface area contributed by atoms with E-state index < -0.39 is 6.10 Å². The summed E-state index contributed by atoms with van der Waals surface area (Å²) in [5, 5.41) is 3.38. The quantitative estimate of drug-likeness (QED) is 0.915. The average molecular weight is 306 g/mol. The van der Waals surface area contributed by atoms with Crippen molar-refractivity contribution in [1.82, 2.24) is 0 Å². The number of amides is 1. The number of carbonyl (C=O) groups is 1. The van der Waals surface area contributed by atoms with Gasteiger partial charge in [0.2, 0.25) is 0 Å². The first-order valence-electron chi connectivity index (χ1n) is 6.46. The fraction of sp³-hybridized carbons (Fsp3) is 0.188. The van der Waals surface area contributed by atoms with Gasteiger partial charge in [0.1, 0.15) is 0 Å². The SMILES string of the molecule is COc1ccccc1O[C@@H](C)C(=O)Nc1ccc(Cl)cc1. The molecule has 2 aromatic carbocycles. The highest BCUT2D eigenvalue weighted by atomic mass is 35.5. The maximum absolute atomic E-state index is 12.1. The molecule has 0 aliphatic carbocycles. The zero-order valence-electron chi connectivity index (χ0n) is 11.8. The van der Waals surface area contributed by atoms with Crippen molar-refractivity contribution in [3.63, 3.8) is 0 Å². The minimum atomic E-state index is -0.656. The highest BCUT2D eigenvalue weighted by molar-refractivity contribution is 6.30. The second-order valence-corrected chi connectivity index (χ2v) is 4.84. The number of rotatable bonds is 5. The van der Waals surface area contributed by atoms with Crippen molar-refractivity contribution in [2.45, 2.75) is 13.0 Å². The van der Waals surface area contributed by atoms with Gasteiger partial charge in [0, 0.05) is 10.7 Å². The van der Waals surface area contributed by atoms with E-state index in [0.717, 1.165) is 0 Å². The summed E-state index contributed by atoms with van der Waals surface area (Å²) in [4.78, 5) is 12.1. The number of carbonyl (C=O) groups excluding carboxylic acids is 1. The lowest BCUT2D eigenvalue weighted by atomic mass is 10.3. The van der Waals surface area contributed by atoms with Crippen LogP contribution in [0.4, 0.5) is 5.69 Å². The molecule has 21 heavy (non-hydrogen) atoms. The van der Waals surface area contributed by atoms with Crippen LogP contribution in [0.25, 0.3) is 0 Å². The van der Waals surface area contributed by atoms with Crippen molar-refractivity contribution in [2.75, 3.05) is 12.4 Å². The van der Waals surface area contributed by atoms with Gasteiger partial charge >= 0.3 is 0 Å². The van der Waals surface area contributed by atoms with E-state index in [1.807, 2.05) is 12.1 Å². The number of ether oxygens (including phenoxy) is 2. The van der Waals surface area contributed by atoms with Crippen LogP contribution in [0.15, 0.2) is 48.5 Å². The molecule has 0 saturated carbocycles. The van der Waals surface area contributed by atoms with Crippen molar-refractivity contribution >= 4 is 23.2 Å². The second-order valence-electron chi connectivity index (χ2n) is 4.41. The van der Waals surface area contributed by atoms with Gasteiger partial charge < -0.3 is 14.8 Å². The topological polar surface area (TPSA) is 47.6 Å². The summed E-state index contributed by atoms with van der Waals surface area (Å²) >= 11 is 5.80. The highest BCUT2D eigenvalue weighted by Gasteiger charge is 2.16. The minimum Gasteiger partial charge on any atom is -0.493 e. The zero-order valence-corrected chi connectivity index (χ0v) is 12.6. The molecule has 2 aromatic rings. The third-order valence-electron chi connectivity index (χ3n) is 2.85. The molecular weight excluding hydrogens is 290 g/mol. The Morgan fingerprint density at radius 2 is 1.71 bits per heavy atom. The minimum absolute atomic E-state index is 0.247. The van der Waals surface area contributed by atoms with Crippen LogP contribution in [0.2, 0.25) is 5.02 Å². The highest BCUT2D eigenvalue weighted by Crippen LogP contribution is 2.27. The molecule has 0 fully saturated rings. The predicted octanol–water partition coefficient (Wildman–Crippen LogP) is 3.75. The molecule has 4 nitrogen and oxygen atoms in total. The second kappa shape index (κ2) is 6.99. The molecule has 0 radical (unpaired) electrons. The van der Waals surface area contributed by atoms with Crippen molar-refractivity contribution in [3.05, 3.63) is 53.6 Å². The van der Waals surface area contributed by atoms with Crippen LogP contribution in [0.3, 0.4) is 0 Å². The van der Waals surface area contributed by atoms with E-state index in [1.54, 1.807) is 50.4 Å². The average Bonchev–Trinajstić information content (AvgIpc) is 2.50. The molecular formula is C16H16ClNO3. The lowest BCUT2D eigenvalue weighted by Crippen LogP contribution is -2.30. The Bertz CT molecular complexity index is 613. The largest absolute Gasteiger partial charge is 0.493 e. The van der Waals surface area contributed by atoms with E-state index >= 15 is 0 Å². The van der Waals surface area contributed by atoms with E-state index in [4.69, 9.17) is 21.1 Å². The zero-order chi connectivity index (χ0) is 15.2. The third kappa shape index (κ3) is 4.13. The molecule has 0 heterocycles. The molecule has 110 valence electrons. The van der Waals surface area contributed by atoms with Gasteiger partial charge in [-0.05, 0) is 43.3 Å². The number of hydrogen-bond acceptors (Lipinski definition) is 3. The fourth-order valence-electron chi connectivity index (χ4n) is 1.74. The summed E-state index contributed by atoms with van der Waals surface area (Å²) < 4.78 is 10.8. The monoisotopic (exact) mass is 305 g/mol. The van der Waals surface area contributed by atoms with Crippen LogP contribution in [-0.2, 0) is 4.79 Å². The third-order valence-corrected chi connectivity index (χ3v) is 3.11. The molecule has 0 aliphatic rings. The van der Waals surface area contributed by atoms with Crippen LogP contribution in [0.5, 0.6) is 11.5 Å². The summed E-state index contributed by atoms with van der Waals surface area (Å²) in [7, 11) is 1.56. The Kier molecular flexibility index (Phi) is 5.06. The van der Waals surface area contributed by atoms with Gasteiger partial charge in [-0.15, -0.1) is 0 Å². The summed E-state index contributed by atoms with van der Waals surface area (Å²) in [6, 6.07) is 14.1. The van der Waals surface area contributed by atoms with E-state index in [-0.39, 0.29) is 5.91 Å². The first-order chi connectivity index (χ1) is 10.1. The van der Waals surface area contributed by atoms with E-state index in [1.165, 1.54) is 0 Å². The van der Waals surface area contributed by atoms with Crippen LogP contribution in [0.1, 0.15) is 6.92 Å². The molecule has 1 N–H and O–H groups in total. The van der Waals surface area contributed by atoms with Crippen LogP contribution in [0, 0.1) is 0 Å². The summed E-state index contributed by atoms with van der Waals surface area (Å²) in [6.07, 6.45) is -0.656. The maximum Gasteiger partial charge on any atom is 0.265 e. The van der Waals surface area contributed by atoms with Crippen molar-refractivity contribution in [2.24, 2.45) is 0 Å².